The number of carboxylic acids is 1. The van der Waals surface area contributed by atoms with Gasteiger partial charge < -0.3 is 24.2 Å². The number of rotatable bonds is 9. The van der Waals surface area contributed by atoms with E-state index in [0.29, 0.717) is 0 Å². The Balaban J connectivity index is 2.59. The lowest BCUT2D eigenvalue weighted by Crippen LogP contribution is -2.40. The van der Waals surface area contributed by atoms with Crippen LogP contribution < -0.4 is 0 Å². The minimum absolute atomic E-state index is 0.0200. The van der Waals surface area contributed by atoms with E-state index in [4.69, 9.17) is 19.3 Å². The molecule has 0 fully saturated rings. The number of hydrogen-bond donors (Lipinski definition) is 1. The summed E-state index contributed by atoms with van der Waals surface area (Å²) in [6, 6.07) is 9.23. The molecule has 122 valence electrons. The number of hydrogen-bond acceptors (Lipinski definition) is 5. The normalized spacial score (nSPS) is 10.5. The number of aliphatic carboxylic acids is 1. The van der Waals surface area contributed by atoms with Crippen molar-refractivity contribution in [2.24, 2.45) is 0 Å². The van der Waals surface area contributed by atoms with Gasteiger partial charge in [-0.25, -0.2) is 4.79 Å². The van der Waals surface area contributed by atoms with Crippen molar-refractivity contribution < 1.29 is 28.9 Å². The standard InChI is InChI=1S/C15H21NO6/c1-20-14(21-2)10-16(9-8-13(17)18)15(19)22-11-12-6-4-3-5-7-12/h3-7,14H,8-11H2,1-2H3,(H,17,18). The summed E-state index contributed by atoms with van der Waals surface area (Å²) in [5.41, 5.74) is 0.851. The molecular formula is C15H21NO6. The molecule has 0 saturated heterocycles. The molecular weight excluding hydrogens is 290 g/mol. The first kappa shape index (κ1) is 17.9. The van der Waals surface area contributed by atoms with Crippen LogP contribution in [0, 0.1) is 0 Å². The van der Waals surface area contributed by atoms with Crippen LogP contribution in [0.3, 0.4) is 0 Å². The van der Waals surface area contributed by atoms with E-state index >= 15 is 0 Å². The number of methoxy groups -OCH3 is 2. The number of carbonyl (C=O) groups excluding carboxylic acids is 1. The number of benzene rings is 1. The lowest BCUT2D eigenvalue weighted by atomic mass is 10.2. The Bertz CT molecular complexity index is 460. The van der Waals surface area contributed by atoms with Crippen LogP contribution in [0.15, 0.2) is 30.3 Å². The van der Waals surface area contributed by atoms with Gasteiger partial charge in [0.2, 0.25) is 0 Å². The number of carbonyl (C=O) groups is 2. The topological polar surface area (TPSA) is 85.3 Å². The van der Waals surface area contributed by atoms with Gasteiger partial charge in [-0.1, -0.05) is 30.3 Å². The van der Waals surface area contributed by atoms with Gasteiger partial charge in [-0.3, -0.25) is 4.79 Å². The van der Waals surface area contributed by atoms with Crippen molar-refractivity contribution in [1.82, 2.24) is 4.90 Å². The smallest absolute Gasteiger partial charge is 0.410 e. The lowest BCUT2D eigenvalue weighted by molar-refractivity contribution is -0.138. The van der Waals surface area contributed by atoms with E-state index < -0.39 is 18.4 Å². The van der Waals surface area contributed by atoms with Gasteiger partial charge in [-0.2, -0.15) is 0 Å². The van der Waals surface area contributed by atoms with Crippen molar-refractivity contribution in [2.45, 2.75) is 19.3 Å². The minimum atomic E-state index is -0.993. The zero-order chi connectivity index (χ0) is 16.4. The number of amides is 1. The Morgan fingerprint density at radius 2 is 1.82 bits per heavy atom. The molecule has 7 nitrogen and oxygen atoms in total. The molecule has 1 aromatic carbocycles. The molecule has 0 spiro atoms. The van der Waals surface area contributed by atoms with Gasteiger partial charge in [0.05, 0.1) is 13.0 Å². The van der Waals surface area contributed by atoms with Gasteiger partial charge in [-0.05, 0) is 5.56 Å². The second-order valence-corrected chi connectivity index (χ2v) is 4.53. The van der Waals surface area contributed by atoms with Crippen LogP contribution >= 0.6 is 0 Å². The third-order valence-corrected chi connectivity index (χ3v) is 2.95. The SMILES string of the molecule is COC(CN(CCC(=O)O)C(=O)OCc1ccccc1)OC. The van der Waals surface area contributed by atoms with Crippen molar-refractivity contribution in [3.8, 4) is 0 Å². The second-order valence-electron chi connectivity index (χ2n) is 4.53. The molecule has 0 heterocycles. The quantitative estimate of drug-likeness (QED) is 0.699. The summed E-state index contributed by atoms with van der Waals surface area (Å²) in [5.74, 6) is -0.993. The van der Waals surface area contributed by atoms with Crippen LogP contribution in [0.2, 0.25) is 0 Å². The molecule has 0 aliphatic rings. The third kappa shape index (κ3) is 6.55. The van der Waals surface area contributed by atoms with E-state index in [9.17, 15) is 9.59 Å². The van der Waals surface area contributed by atoms with Crippen LogP contribution in [0.4, 0.5) is 4.79 Å². The number of carboxylic acid groups (broad SMARTS) is 1. The van der Waals surface area contributed by atoms with Crippen molar-refractivity contribution in [3.05, 3.63) is 35.9 Å². The first-order valence-electron chi connectivity index (χ1n) is 6.79. The van der Waals surface area contributed by atoms with Crippen molar-refractivity contribution in [3.63, 3.8) is 0 Å². The van der Waals surface area contributed by atoms with E-state index in [1.54, 1.807) is 0 Å². The summed E-state index contributed by atoms with van der Waals surface area (Å²) in [4.78, 5) is 24.0. The Hall–Kier alpha value is -2.12. The Labute approximate surface area is 129 Å². The fraction of sp³-hybridized carbons (Fsp3) is 0.467. The fourth-order valence-electron chi connectivity index (χ4n) is 1.72. The molecule has 22 heavy (non-hydrogen) atoms. The zero-order valence-electron chi connectivity index (χ0n) is 12.7. The molecule has 1 N–H and O–H groups in total. The summed E-state index contributed by atoms with van der Waals surface area (Å²) in [7, 11) is 2.89. The van der Waals surface area contributed by atoms with Crippen LogP contribution in [0.1, 0.15) is 12.0 Å². The van der Waals surface area contributed by atoms with E-state index in [1.165, 1.54) is 19.1 Å². The highest BCUT2D eigenvalue weighted by Gasteiger charge is 2.20. The highest BCUT2D eigenvalue weighted by atomic mass is 16.7. The Morgan fingerprint density at radius 1 is 1.18 bits per heavy atom. The molecule has 1 rings (SSSR count). The second kappa shape index (κ2) is 9.75. The number of nitrogens with zero attached hydrogens (tertiary/aromatic N) is 1. The van der Waals surface area contributed by atoms with Gasteiger partial charge in [-0.15, -0.1) is 0 Å². The van der Waals surface area contributed by atoms with Gasteiger partial charge in [0, 0.05) is 20.8 Å². The molecule has 7 heteroatoms. The monoisotopic (exact) mass is 311 g/mol. The highest BCUT2D eigenvalue weighted by molar-refractivity contribution is 5.70. The van der Waals surface area contributed by atoms with Crippen LogP contribution in [0.25, 0.3) is 0 Å². The maximum atomic E-state index is 12.1. The van der Waals surface area contributed by atoms with Crippen molar-refractivity contribution in [1.29, 1.82) is 0 Å². The first-order chi connectivity index (χ1) is 10.6. The van der Waals surface area contributed by atoms with Crippen molar-refractivity contribution >= 4 is 12.1 Å². The van der Waals surface area contributed by atoms with E-state index in [2.05, 4.69) is 0 Å². The summed E-state index contributed by atoms with van der Waals surface area (Å²) in [6.07, 6.45) is -1.43. The molecule has 0 bridgehead atoms. The predicted molar refractivity (Wildman–Crippen MR) is 78.3 cm³/mol. The molecule has 0 aliphatic carbocycles. The first-order valence-corrected chi connectivity index (χ1v) is 6.79. The lowest BCUT2D eigenvalue weighted by Gasteiger charge is -2.25. The maximum absolute atomic E-state index is 12.1. The summed E-state index contributed by atoms with van der Waals surface area (Å²) in [5, 5.41) is 8.76. The Kier molecular flexibility index (Phi) is 7.95. The van der Waals surface area contributed by atoms with Gasteiger partial charge in [0.15, 0.2) is 6.29 Å². The number of ether oxygens (including phenoxy) is 3. The largest absolute Gasteiger partial charge is 0.481 e. The predicted octanol–water partition coefficient (Wildman–Crippen LogP) is 1.72. The van der Waals surface area contributed by atoms with E-state index in [1.807, 2.05) is 30.3 Å². The molecule has 0 radical (unpaired) electrons. The van der Waals surface area contributed by atoms with Gasteiger partial charge in [0.25, 0.3) is 0 Å². The van der Waals surface area contributed by atoms with E-state index in [0.717, 1.165) is 5.56 Å². The summed E-state index contributed by atoms with van der Waals surface area (Å²) in [6.45, 7) is 0.230. The molecule has 1 aromatic rings. The molecule has 1 amide bonds. The Morgan fingerprint density at radius 3 is 2.36 bits per heavy atom. The maximum Gasteiger partial charge on any atom is 0.410 e. The van der Waals surface area contributed by atoms with Gasteiger partial charge >= 0.3 is 12.1 Å². The third-order valence-electron chi connectivity index (χ3n) is 2.95. The van der Waals surface area contributed by atoms with Crippen LogP contribution in [-0.4, -0.2) is 55.7 Å². The fourth-order valence-corrected chi connectivity index (χ4v) is 1.72. The molecule has 0 aromatic heterocycles. The molecule has 0 saturated carbocycles. The average molecular weight is 311 g/mol. The molecule has 0 atom stereocenters. The van der Waals surface area contributed by atoms with Crippen molar-refractivity contribution in [2.75, 3.05) is 27.3 Å². The average Bonchev–Trinajstić information content (AvgIpc) is 2.53. The van der Waals surface area contributed by atoms with Crippen LogP contribution in [0.5, 0.6) is 0 Å². The highest BCUT2D eigenvalue weighted by Crippen LogP contribution is 2.06. The van der Waals surface area contributed by atoms with Gasteiger partial charge in [0.1, 0.15) is 6.61 Å². The summed E-state index contributed by atoms with van der Waals surface area (Å²) < 4.78 is 15.3. The molecule has 0 unspecified atom stereocenters. The zero-order valence-corrected chi connectivity index (χ0v) is 12.7. The minimum Gasteiger partial charge on any atom is -0.481 e. The summed E-state index contributed by atoms with van der Waals surface area (Å²) >= 11 is 0. The van der Waals surface area contributed by atoms with E-state index in [-0.39, 0.29) is 26.1 Å². The van der Waals surface area contributed by atoms with Crippen LogP contribution in [-0.2, 0) is 25.6 Å². The molecule has 0 aliphatic heterocycles.